The molecule has 4 heteroatoms. The van der Waals surface area contributed by atoms with Gasteiger partial charge in [-0.2, -0.15) is 0 Å². The van der Waals surface area contributed by atoms with E-state index in [9.17, 15) is 4.39 Å². The van der Waals surface area contributed by atoms with Crippen molar-refractivity contribution in [2.45, 2.75) is 57.3 Å². The third kappa shape index (κ3) is 3.07. The number of fused-ring (bicyclic) bond motifs is 2. The smallest absolute Gasteiger partial charge is 0.123 e. The summed E-state index contributed by atoms with van der Waals surface area (Å²) in [5.41, 5.74) is 1.05. The number of piperidine rings is 1. The first kappa shape index (κ1) is 14.5. The van der Waals surface area contributed by atoms with Crippen molar-refractivity contribution >= 4 is 15.9 Å². The van der Waals surface area contributed by atoms with Crippen LogP contribution >= 0.6 is 15.9 Å². The summed E-state index contributed by atoms with van der Waals surface area (Å²) in [6.45, 7) is 4.06. The highest BCUT2D eigenvalue weighted by Gasteiger charge is 2.35. The third-order valence-electron chi connectivity index (χ3n) is 4.75. The minimum atomic E-state index is -0.148. The number of rotatable bonds is 4. The quantitative estimate of drug-likeness (QED) is 0.899. The van der Waals surface area contributed by atoms with Gasteiger partial charge in [-0.3, -0.25) is 4.90 Å². The highest BCUT2D eigenvalue weighted by atomic mass is 79.9. The first-order valence-electron chi connectivity index (χ1n) is 7.59. The summed E-state index contributed by atoms with van der Waals surface area (Å²) >= 11 is 3.54. The maximum absolute atomic E-state index is 13.4. The Morgan fingerprint density at radius 3 is 2.65 bits per heavy atom. The minimum absolute atomic E-state index is 0.148. The van der Waals surface area contributed by atoms with E-state index in [1.807, 2.05) is 6.07 Å². The molecule has 2 heterocycles. The van der Waals surface area contributed by atoms with Gasteiger partial charge < -0.3 is 5.32 Å². The van der Waals surface area contributed by atoms with Crippen molar-refractivity contribution in [3.8, 4) is 0 Å². The Kier molecular flexibility index (Phi) is 4.43. The Morgan fingerprint density at radius 2 is 2.00 bits per heavy atom. The molecule has 2 saturated heterocycles. The first-order valence-corrected chi connectivity index (χ1v) is 8.39. The molecular weight excluding hydrogens is 319 g/mol. The lowest BCUT2D eigenvalue weighted by Crippen LogP contribution is -2.47. The van der Waals surface area contributed by atoms with Crippen LogP contribution in [-0.4, -0.2) is 29.6 Å². The van der Waals surface area contributed by atoms with Crippen molar-refractivity contribution in [3.05, 3.63) is 34.1 Å². The van der Waals surface area contributed by atoms with E-state index in [0.717, 1.165) is 23.1 Å². The van der Waals surface area contributed by atoms with Crippen molar-refractivity contribution in [3.63, 3.8) is 0 Å². The van der Waals surface area contributed by atoms with Crippen LogP contribution in [0.4, 0.5) is 4.39 Å². The summed E-state index contributed by atoms with van der Waals surface area (Å²) in [4.78, 5) is 2.51. The number of hydrogen-bond donors (Lipinski definition) is 1. The molecule has 20 heavy (non-hydrogen) atoms. The van der Waals surface area contributed by atoms with Gasteiger partial charge in [0.25, 0.3) is 0 Å². The Labute approximate surface area is 128 Å². The molecule has 2 unspecified atom stereocenters. The predicted octanol–water partition coefficient (Wildman–Crippen LogP) is 3.69. The van der Waals surface area contributed by atoms with Gasteiger partial charge in [0, 0.05) is 29.1 Å². The van der Waals surface area contributed by atoms with Crippen LogP contribution in [0.15, 0.2) is 22.7 Å². The molecule has 0 saturated carbocycles. The van der Waals surface area contributed by atoms with Crippen LogP contribution in [0.1, 0.15) is 38.2 Å². The van der Waals surface area contributed by atoms with Gasteiger partial charge in [-0.25, -0.2) is 4.39 Å². The zero-order chi connectivity index (χ0) is 14.1. The van der Waals surface area contributed by atoms with Crippen molar-refractivity contribution in [1.82, 2.24) is 10.2 Å². The maximum atomic E-state index is 13.4. The summed E-state index contributed by atoms with van der Waals surface area (Å²) in [5.74, 6) is -0.148. The molecule has 0 aliphatic carbocycles. The highest BCUT2D eigenvalue weighted by Crippen LogP contribution is 2.31. The van der Waals surface area contributed by atoms with Crippen molar-refractivity contribution < 1.29 is 4.39 Å². The van der Waals surface area contributed by atoms with Crippen molar-refractivity contribution in [2.24, 2.45) is 0 Å². The van der Waals surface area contributed by atoms with Crippen LogP contribution in [0.25, 0.3) is 0 Å². The number of hydrogen-bond acceptors (Lipinski definition) is 2. The second kappa shape index (κ2) is 6.12. The van der Waals surface area contributed by atoms with E-state index in [0.29, 0.717) is 18.1 Å². The van der Waals surface area contributed by atoms with E-state index in [4.69, 9.17) is 0 Å². The highest BCUT2D eigenvalue weighted by molar-refractivity contribution is 9.10. The van der Waals surface area contributed by atoms with E-state index >= 15 is 0 Å². The van der Waals surface area contributed by atoms with E-state index in [1.54, 1.807) is 6.07 Å². The lowest BCUT2D eigenvalue weighted by Gasteiger charge is -2.37. The fraction of sp³-hybridized carbons (Fsp3) is 0.625. The number of nitrogens with zero attached hydrogens (tertiary/aromatic N) is 1. The van der Waals surface area contributed by atoms with Gasteiger partial charge in [-0.1, -0.05) is 22.9 Å². The lowest BCUT2D eigenvalue weighted by molar-refractivity contribution is 0.140. The fourth-order valence-electron chi connectivity index (χ4n) is 3.71. The Morgan fingerprint density at radius 1 is 1.30 bits per heavy atom. The van der Waals surface area contributed by atoms with Gasteiger partial charge in [-0.15, -0.1) is 0 Å². The van der Waals surface area contributed by atoms with Crippen LogP contribution < -0.4 is 5.32 Å². The molecule has 0 amide bonds. The molecule has 3 rings (SSSR count). The standard InChI is InChI=1S/C16H22BrFN2/c1-2-20(10-11-7-12(18)3-6-16(11)17)15-8-13-4-5-14(9-15)19-13/h3,6-7,13-15,19H,2,4-5,8-10H2,1H3. The molecule has 1 aromatic carbocycles. The second-order valence-electron chi connectivity index (χ2n) is 6.06. The molecule has 2 atom stereocenters. The monoisotopic (exact) mass is 340 g/mol. The van der Waals surface area contributed by atoms with Gasteiger partial charge in [0.05, 0.1) is 0 Å². The molecule has 0 aromatic heterocycles. The fourth-order valence-corrected chi connectivity index (χ4v) is 4.08. The number of halogens is 2. The molecule has 2 nitrogen and oxygen atoms in total. The number of nitrogens with one attached hydrogen (secondary N) is 1. The zero-order valence-electron chi connectivity index (χ0n) is 11.9. The van der Waals surface area contributed by atoms with E-state index < -0.39 is 0 Å². The topological polar surface area (TPSA) is 15.3 Å². The molecule has 1 N–H and O–H groups in total. The summed E-state index contributed by atoms with van der Waals surface area (Å²) in [6.07, 6.45) is 5.11. The van der Waals surface area contributed by atoms with Crippen LogP contribution in [0.3, 0.4) is 0 Å². The largest absolute Gasteiger partial charge is 0.311 e. The molecule has 2 aliphatic rings. The molecule has 0 spiro atoms. The van der Waals surface area contributed by atoms with Gasteiger partial charge in [0.15, 0.2) is 0 Å². The molecule has 110 valence electrons. The summed E-state index contributed by atoms with van der Waals surface area (Å²) in [6, 6.07) is 7.00. The molecule has 0 radical (unpaired) electrons. The van der Waals surface area contributed by atoms with E-state index in [2.05, 4.69) is 33.1 Å². The average molecular weight is 341 g/mol. The summed E-state index contributed by atoms with van der Waals surface area (Å²) < 4.78 is 14.4. The van der Waals surface area contributed by atoms with Crippen LogP contribution in [0.2, 0.25) is 0 Å². The van der Waals surface area contributed by atoms with Gasteiger partial charge in [-0.05, 0) is 56.0 Å². The van der Waals surface area contributed by atoms with Gasteiger partial charge in [0.2, 0.25) is 0 Å². The van der Waals surface area contributed by atoms with Crippen molar-refractivity contribution in [1.29, 1.82) is 0 Å². The minimum Gasteiger partial charge on any atom is -0.311 e. The Hall–Kier alpha value is -0.450. The van der Waals surface area contributed by atoms with Gasteiger partial charge in [0.1, 0.15) is 5.82 Å². The first-order chi connectivity index (χ1) is 9.65. The summed E-state index contributed by atoms with van der Waals surface area (Å²) in [5, 5.41) is 3.69. The average Bonchev–Trinajstić information content (AvgIpc) is 2.78. The molecule has 2 aliphatic heterocycles. The maximum Gasteiger partial charge on any atom is 0.123 e. The predicted molar refractivity (Wildman–Crippen MR) is 83.2 cm³/mol. The Bertz CT molecular complexity index is 468. The van der Waals surface area contributed by atoms with E-state index in [1.165, 1.54) is 31.7 Å². The van der Waals surface area contributed by atoms with Crippen LogP contribution in [0, 0.1) is 5.82 Å². The number of benzene rings is 1. The molecular formula is C16H22BrFN2. The van der Waals surface area contributed by atoms with Crippen molar-refractivity contribution in [2.75, 3.05) is 6.54 Å². The zero-order valence-corrected chi connectivity index (χ0v) is 13.5. The molecule has 2 bridgehead atoms. The normalized spacial score (nSPS) is 29.1. The Balaban J connectivity index is 1.72. The molecule has 2 fully saturated rings. The summed E-state index contributed by atoms with van der Waals surface area (Å²) in [7, 11) is 0. The van der Waals surface area contributed by atoms with Crippen LogP contribution in [-0.2, 0) is 6.54 Å². The SMILES string of the molecule is CCN(Cc1cc(F)ccc1Br)C1CC2CCC(C1)N2. The second-order valence-corrected chi connectivity index (χ2v) is 6.92. The lowest BCUT2D eigenvalue weighted by atomic mass is 9.97. The van der Waals surface area contributed by atoms with E-state index in [-0.39, 0.29) is 5.82 Å². The molecule has 1 aromatic rings. The van der Waals surface area contributed by atoms with Gasteiger partial charge >= 0.3 is 0 Å². The van der Waals surface area contributed by atoms with Crippen LogP contribution in [0.5, 0.6) is 0 Å². The third-order valence-corrected chi connectivity index (χ3v) is 5.53.